The monoisotopic (exact) mass is 325 g/mol. The number of aliphatic hydroxyl groups is 2. The van der Waals surface area contributed by atoms with Crippen molar-refractivity contribution in [1.82, 2.24) is 9.97 Å². The van der Waals surface area contributed by atoms with Crippen LogP contribution in [0.15, 0.2) is 29.3 Å². The van der Waals surface area contributed by atoms with Gasteiger partial charge in [-0.1, -0.05) is 6.07 Å². The van der Waals surface area contributed by atoms with Crippen LogP contribution in [0.2, 0.25) is 0 Å². The Morgan fingerprint density at radius 1 is 1.17 bits per heavy atom. The smallest absolute Gasteiger partial charge is 0.222 e. The summed E-state index contributed by atoms with van der Waals surface area (Å²) in [5, 5.41) is 23.8. The zero-order chi connectivity index (χ0) is 16.7. The molecule has 1 saturated carbocycles. The van der Waals surface area contributed by atoms with Gasteiger partial charge in [-0.25, -0.2) is 4.98 Å². The summed E-state index contributed by atoms with van der Waals surface area (Å²) >= 11 is 0. The number of hydrogen-bond acceptors (Lipinski definition) is 7. The van der Waals surface area contributed by atoms with Gasteiger partial charge >= 0.3 is 0 Å². The molecule has 0 spiro atoms. The van der Waals surface area contributed by atoms with Crippen LogP contribution in [0.3, 0.4) is 0 Å². The van der Waals surface area contributed by atoms with Gasteiger partial charge in [-0.2, -0.15) is 4.98 Å². The van der Waals surface area contributed by atoms with Gasteiger partial charge in [-0.3, -0.25) is 4.99 Å². The molecule has 4 rings (SSSR count). The second-order valence-electron chi connectivity index (χ2n) is 6.23. The summed E-state index contributed by atoms with van der Waals surface area (Å²) in [6, 6.07) is 5.68. The van der Waals surface area contributed by atoms with E-state index in [1.165, 1.54) is 0 Å². The van der Waals surface area contributed by atoms with Crippen molar-refractivity contribution in [3.8, 4) is 0 Å². The van der Waals surface area contributed by atoms with Crippen molar-refractivity contribution in [2.45, 2.75) is 31.1 Å². The van der Waals surface area contributed by atoms with Gasteiger partial charge in [-0.05, 0) is 42.2 Å². The first-order valence-electron chi connectivity index (χ1n) is 8.01. The number of nitrogens with zero attached hydrogens (tertiary/aromatic N) is 3. The lowest BCUT2D eigenvalue weighted by molar-refractivity contribution is 0.0392. The van der Waals surface area contributed by atoms with Crippen molar-refractivity contribution >= 4 is 34.5 Å². The van der Waals surface area contributed by atoms with Gasteiger partial charge in [0.05, 0.1) is 30.3 Å². The Morgan fingerprint density at radius 2 is 2.04 bits per heavy atom. The minimum absolute atomic E-state index is 0.173. The van der Waals surface area contributed by atoms with Crippen LogP contribution in [0.1, 0.15) is 18.4 Å². The molecule has 1 aromatic carbocycles. The molecule has 24 heavy (non-hydrogen) atoms. The summed E-state index contributed by atoms with van der Waals surface area (Å²) in [4.78, 5) is 12.8. The first kappa shape index (κ1) is 15.0. The molecule has 0 saturated heterocycles. The van der Waals surface area contributed by atoms with Gasteiger partial charge in [0.1, 0.15) is 5.82 Å². The minimum Gasteiger partial charge on any atom is -0.390 e. The van der Waals surface area contributed by atoms with E-state index in [4.69, 9.17) is 5.73 Å². The highest BCUT2D eigenvalue weighted by Crippen LogP contribution is 2.29. The van der Waals surface area contributed by atoms with Crippen LogP contribution in [-0.2, 0) is 0 Å². The summed E-state index contributed by atoms with van der Waals surface area (Å²) < 4.78 is 0. The second-order valence-corrected chi connectivity index (χ2v) is 6.23. The number of fused-ring (bicyclic) bond motifs is 1. The Labute approximate surface area is 139 Å². The van der Waals surface area contributed by atoms with E-state index in [2.05, 4.69) is 20.3 Å². The van der Waals surface area contributed by atoms with Gasteiger partial charge < -0.3 is 21.3 Å². The number of hydrogen-bond donors (Lipinski definition) is 4. The largest absolute Gasteiger partial charge is 0.390 e. The number of anilines is 2. The Morgan fingerprint density at radius 3 is 2.75 bits per heavy atom. The van der Waals surface area contributed by atoms with Crippen LogP contribution in [0.5, 0.6) is 0 Å². The lowest BCUT2D eigenvalue weighted by atomic mass is 10.0. The summed E-state index contributed by atoms with van der Waals surface area (Å²) in [5.74, 6) is 0.755. The number of allylic oxidation sites excluding steroid dienone is 1. The van der Waals surface area contributed by atoms with Crippen LogP contribution in [-0.4, -0.2) is 51.2 Å². The number of nitrogens with one attached hydrogen (secondary N) is 1. The molecule has 0 radical (unpaired) electrons. The first-order chi connectivity index (χ1) is 11.6. The molecule has 2 aromatic rings. The van der Waals surface area contributed by atoms with E-state index in [-0.39, 0.29) is 12.0 Å². The Bertz CT molecular complexity index is 848. The predicted molar refractivity (Wildman–Crippen MR) is 93.9 cm³/mol. The molecular weight excluding hydrogens is 306 g/mol. The zero-order valence-corrected chi connectivity index (χ0v) is 13.1. The summed E-state index contributed by atoms with van der Waals surface area (Å²) in [6.07, 6.45) is 3.52. The fraction of sp³-hybridized carbons (Fsp3) is 0.353. The Kier molecular flexibility index (Phi) is 3.66. The summed E-state index contributed by atoms with van der Waals surface area (Å²) in [5.41, 5.74) is 8.78. The minimum atomic E-state index is -0.809. The zero-order valence-electron chi connectivity index (χ0n) is 13.1. The third-order valence-electron chi connectivity index (χ3n) is 4.63. The Balaban J connectivity index is 1.70. The van der Waals surface area contributed by atoms with E-state index in [0.29, 0.717) is 25.2 Å². The second kappa shape index (κ2) is 5.85. The molecule has 5 N–H and O–H groups in total. The predicted octanol–water partition coefficient (Wildman–Crippen LogP) is 0.976. The number of aliphatic hydroxyl groups excluding tert-OH is 2. The normalized spacial score (nSPS) is 26.1. The third-order valence-corrected chi connectivity index (χ3v) is 4.63. The average Bonchev–Trinajstić information content (AvgIpc) is 3.20. The molecule has 1 aromatic heterocycles. The van der Waals surface area contributed by atoms with Crippen LogP contribution in [0.4, 0.5) is 11.8 Å². The van der Waals surface area contributed by atoms with Gasteiger partial charge in [0.25, 0.3) is 0 Å². The van der Waals surface area contributed by atoms with Gasteiger partial charge in [0, 0.05) is 11.6 Å². The maximum Gasteiger partial charge on any atom is 0.222 e. The number of rotatable bonds is 3. The van der Waals surface area contributed by atoms with Crippen molar-refractivity contribution in [3.05, 3.63) is 29.8 Å². The molecule has 0 bridgehead atoms. The maximum absolute atomic E-state index is 10.0. The molecule has 2 heterocycles. The molecule has 7 nitrogen and oxygen atoms in total. The average molecular weight is 325 g/mol. The van der Waals surface area contributed by atoms with Crippen molar-refractivity contribution < 1.29 is 10.2 Å². The quantitative estimate of drug-likeness (QED) is 0.668. The lowest BCUT2D eigenvalue weighted by Crippen LogP contribution is -2.34. The molecule has 0 unspecified atom stereocenters. The molecular formula is C17H19N5O2. The van der Waals surface area contributed by atoms with E-state index in [0.717, 1.165) is 22.0 Å². The van der Waals surface area contributed by atoms with Crippen LogP contribution in [0, 0.1) is 0 Å². The molecule has 0 amide bonds. The van der Waals surface area contributed by atoms with E-state index in [1.54, 1.807) is 6.21 Å². The molecule has 124 valence electrons. The topological polar surface area (TPSA) is 117 Å². The van der Waals surface area contributed by atoms with Crippen molar-refractivity contribution in [2.24, 2.45) is 4.99 Å². The van der Waals surface area contributed by atoms with Gasteiger partial charge in [-0.15, -0.1) is 0 Å². The lowest BCUT2D eigenvalue weighted by Gasteiger charge is -2.19. The number of benzene rings is 1. The highest BCUT2D eigenvalue weighted by Gasteiger charge is 2.33. The number of nitrogen functional groups attached to an aromatic ring is 1. The highest BCUT2D eigenvalue weighted by molar-refractivity contribution is 5.95. The molecule has 1 aliphatic heterocycles. The summed E-state index contributed by atoms with van der Waals surface area (Å²) in [7, 11) is 0. The summed E-state index contributed by atoms with van der Waals surface area (Å²) in [6.45, 7) is 0.670. The van der Waals surface area contributed by atoms with Crippen molar-refractivity contribution in [1.29, 1.82) is 0 Å². The third kappa shape index (κ3) is 2.61. The van der Waals surface area contributed by atoms with Crippen LogP contribution >= 0.6 is 0 Å². The van der Waals surface area contributed by atoms with E-state index < -0.39 is 12.2 Å². The van der Waals surface area contributed by atoms with Crippen molar-refractivity contribution in [2.75, 3.05) is 17.6 Å². The van der Waals surface area contributed by atoms with E-state index >= 15 is 0 Å². The number of aromatic nitrogens is 2. The highest BCUT2D eigenvalue weighted by atomic mass is 16.3. The SMILES string of the molecule is Nc1nc(N[C@@H]2CC[C@@H](O)[C@@H]2O)c2ccc(C3=CC=NC3)cc2n1. The fourth-order valence-electron chi connectivity index (χ4n) is 3.28. The van der Waals surface area contributed by atoms with Crippen molar-refractivity contribution in [3.63, 3.8) is 0 Å². The van der Waals surface area contributed by atoms with Crippen LogP contribution < -0.4 is 11.1 Å². The Hall–Kier alpha value is -2.51. The molecule has 3 atom stereocenters. The fourth-order valence-corrected chi connectivity index (χ4v) is 3.28. The molecule has 1 aliphatic carbocycles. The maximum atomic E-state index is 10.0. The molecule has 2 aliphatic rings. The van der Waals surface area contributed by atoms with E-state index in [9.17, 15) is 10.2 Å². The standard InChI is InChI=1S/C17H19N5O2/c18-17-21-13-7-9(10-5-6-19-8-10)1-2-11(13)16(22-17)20-12-3-4-14(23)15(12)24/h1-2,5-7,12,14-15,23-24H,3-4,8H2,(H3,18,20,21,22)/t12-,14-,15-/m1/s1. The van der Waals surface area contributed by atoms with Gasteiger partial charge in [0.15, 0.2) is 0 Å². The number of aliphatic imine (C=N–C) groups is 1. The first-order valence-corrected chi connectivity index (χ1v) is 8.01. The molecule has 1 fully saturated rings. The number of nitrogens with two attached hydrogens (primary N) is 1. The van der Waals surface area contributed by atoms with Gasteiger partial charge in [0.2, 0.25) is 5.95 Å². The van der Waals surface area contributed by atoms with E-state index in [1.807, 2.05) is 24.3 Å². The molecule has 7 heteroatoms. The van der Waals surface area contributed by atoms with Crippen LogP contribution in [0.25, 0.3) is 16.5 Å².